The Kier molecular flexibility index (Phi) is 6.93. The molecule has 0 radical (unpaired) electrons. The quantitative estimate of drug-likeness (QED) is 0.328. The van der Waals surface area contributed by atoms with Crippen LogP contribution in [0.2, 0.25) is 0 Å². The summed E-state index contributed by atoms with van der Waals surface area (Å²) in [6, 6.07) is 12.2. The Morgan fingerprint density at radius 2 is 1.85 bits per heavy atom. The first-order valence-electron chi connectivity index (χ1n) is 11.1. The predicted molar refractivity (Wildman–Crippen MR) is 133 cm³/mol. The Bertz CT molecular complexity index is 1340. The van der Waals surface area contributed by atoms with Gasteiger partial charge in [0.25, 0.3) is 11.8 Å². The smallest absolute Gasteiger partial charge is 0.252 e. The maximum absolute atomic E-state index is 13.1. The van der Waals surface area contributed by atoms with E-state index in [1.165, 1.54) is 17.0 Å². The highest BCUT2D eigenvalue weighted by atomic mass is 32.1. The van der Waals surface area contributed by atoms with Gasteiger partial charge in [0.15, 0.2) is 5.65 Å². The Labute approximate surface area is 201 Å². The fourth-order valence-electron chi connectivity index (χ4n) is 3.62. The number of rotatable bonds is 8. The molecule has 0 bridgehead atoms. The number of aryl methyl sites for hydroxylation is 1. The van der Waals surface area contributed by atoms with Crippen LogP contribution in [0.3, 0.4) is 0 Å². The van der Waals surface area contributed by atoms with Crippen molar-refractivity contribution in [3.8, 4) is 16.3 Å². The van der Waals surface area contributed by atoms with E-state index in [9.17, 15) is 14.7 Å². The highest BCUT2D eigenvalue weighted by molar-refractivity contribution is 7.15. The van der Waals surface area contributed by atoms with E-state index >= 15 is 0 Å². The molecular weight excluding hydrogens is 450 g/mol. The summed E-state index contributed by atoms with van der Waals surface area (Å²) in [6.07, 6.45) is 2.25. The second-order valence-corrected chi connectivity index (χ2v) is 9.59. The number of thiophene rings is 1. The summed E-state index contributed by atoms with van der Waals surface area (Å²) in [5, 5.41) is 20.4. The fraction of sp³-hybridized carbons (Fsp3) is 0.280. The molecule has 0 saturated heterocycles. The molecule has 34 heavy (non-hydrogen) atoms. The van der Waals surface area contributed by atoms with Gasteiger partial charge < -0.3 is 15.7 Å². The molecule has 3 aromatic heterocycles. The first-order valence-corrected chi connectivity index (χ1v) is 12.0. The minimum absolute atomic E-state index is 0.0430. The lowest BCUT2D eigenvalue weighted by atomic mass is 10.1. The predicted octanol–water partition coefficient (Wildman–Crippen LogP) is 4.30. The van der Waals surface area contributed by atoms with Crippen LogP contribution in [0.5, 0.6) is 5.75 Å². The number of fused-ring (bicyclic) bond motifs is 1. The number of amides is 2. The molecule has 3 N–H and O–H groups in total. The standard InChI is InChI=1S/C25H27N5O3S/c1-15(2)30-23-20(14-28-30)19(13-21(29-23)22-9-8-16(3)34-22)25(33)27-11-5-10-26-24(32)17-6-4-7-18(31)12-17/h4,6-9,12-15,31H,5,10-11H2,1-3H3,(H,26,32)(H,27,33). The van der Waals surface area contributed by atoms with E-state index in [4.69, 9.17) is 4.98 Å². The van der Waals surface area contributed by atoms with Crippen LogP contribution in [0.25, 0.3) is 21.6 Å². The molecule has 0 fully saturated rings. The number of carbonyl (C=O) groups excluding carboxylic acids is 2. The van der Waals surface area contributed by atoms with Crippen LogP contribution >= 0.6 is 11.3 Å². The number of hydrogen-bond donors (Lipinski definition) is 3. The number of phenolic OH excluding ortho intramolecular Hbond substituents is 1. The van der Waals surface area contributed by atoms with E-state index in [0.717, 1.165) is 10.6 Å². The van der Waals surface area contributed by atoms with Gasteiger partial charge in [0.2, 0.25) is 0 Å². The van der Waals surface area contributed by atoms with Crippen LogP contribution in [0.1, 0.15) is 51.9 Å². The van der Waals surface area contributed by atoms with Crippen molar-refractivity contribution in [2.75, 3.05) is 13.1 Å². The SMILES string of the molecule is Cc1ccc(-c2cc(C(=O)NCCCNC(=O)c3cccc(O)c3)c3cnn(C(C)C)c3n2)s1. The molecule has 2 amide bonds. The summed E-state index contributed by atoms with van der Waals surface area (Å²) in [7, 11) is 0. The molecule has 0 aliphatic rings. The van der Waals surface area contributed by atoms with Crippen molar-refractivity contribution in [2.24, 2.45) is 0 Å². The van der Waals surface area contributed by atoms with Gasteiger partial charge >= 0.3 is 0 Å². The maximum Gasteiger partial charge on any atom is 0.252 e. The van der Waals surface area contributed by atoms with E-state index in [2.05, 4.69) is 15.7 Å². The van der Waals surface area contributed by atoms with E-state index in [1.807, 2.05) is 43.7 Å². The monoisotopic (exact) mass is 477 g/mol. The molecule has 8 nitrogen and oxygen atoms in total. The average Bonchev–Trinajstić information content (AvgIpc) is 3.44. The van der Waals surface area contributed by atoms with Gasteiger partial charge in [0.1, 0.15) is 5.75 Å². The second kappa shape index (κ2) is 10.0. The van der Waals surface area contributed by atoms with Crippen LogP contribution in [0, 0.1) is 6.92 Å². The number of benzene rings is 1. The molecule has 4 rings (SSSR count). The third-order valence-corrected chi connectivity index (χ3v) is 6.35. The molecule has 0 aliphatic carbocycles. The Morgan fingerprint density at radius 1 is 1.09 bits per heavy atom. The van der Waals surface area contributed by atoms with Crippen molar-refractivity contribution in [1.29, 1.82) is 0 Å². The Hall–Kier alpha value is -3.72. The number of carbonyl (C=O) groups is 2. The highest BCUT2D eigenvalue weighted by Gasteiger charge is 2.19. The average molecular weight is 478 g/mol. The third kappa shape index (κ3) is 5.09. The number of nitrogens with one attached hydrogen (secondary N) is 2. The van der Waals surface area contributed by atoms with Gasteiger partial charge in [-0.3, -0.25) is 9.59 Å². The van der Waals surface area contributed by atoms with E-state index in [0.29, 0.717) is 41.7 Å². The van der Waals surface area contributed by atoms with Gasteiger partial charge in [-0.1, -0.05) is 6.07 Å². The topological polar surface area (TPSA) is 109 Å². The fourth-order valence-corrected chi connectivity index (χ4v) is 4.45. The van der Waals surface area contributed by atoms with Gasteiger partial charge in [-0.2, -0.15) is 5.10 Å². The van der Waals surface area contributed by atoms with Gasteiger partial charge in [0.05, 0.1) is 27.7 Å². The zero-order valence-electron chi connectivity index (χ0n) is 19.3. The molecule has 0 saturated carbocycles. The highest BCUT2D eigenvalue weighted by Crippen LogP contribution is 2.30. The van der Waals surface area contributed by atoms with Crippen molar-refractivity contribution in [1.82, 2.24) is 25.4 Å². The summed E-state index contributed by atoms with van der Waals surface area (Å²) in [5.74, 6) is -0.430. The first kappa shape index (κ1) is 23.4. The summed E-state index contributed by atoms with van der Waals surface area (Å²) < 4.78 is 1.83. The number of hydrogen-bond acceptors (Lipinski definition) is 6. The molecule has 176 valence electrons. The van der Waals surface area contributed by atoms with Crippen molar-refractivity contribution in [3.05, 3.63) is 64.7 Å². The third-order valence-electron chi connectivity index (χ3n) is 5.33. The summed E-state index contributed by atoms with van der Waals surface area (Å²) in [6.45, 7) is 6.89. The lowest BCUT2D eigenvalue weighted by Gasteiger charge is -2.11. The lowest BCUT2D eigenvalue weighted by molar-refractivity contribution is 0.0952. The van der Waals surface area contributed by atoms with Crippen molar-refractivity contribution < 1.29 is 14.7 Å². The van der Waals surface area contributed by atoms with Crippen molar-refractivity contribution in [3.63, 3.8) is 0 Å². The van der Waals surface area contributed by atoms with Gasteiger partial charge in [-0.15, -0.1) is 11.3 Å². The normalized spacial score (nSPS) is 11.2. The molecule has 0 unspecified atom stereocenters. The Morgan fingerprint density at radius 3 is 2.53 bits per heavy atom. The van der Waals surface area contributed by atoms with Crippen molar-refractivity contribution in [2.45, 2.75) is 33.2 Å². The number of nitrogens with zero attached hydrogens (tertiary/aromatic N) is 3. The lowest BCUT2D eigenvalue weighted by Crippen LogP contribution is -2.30. The van der Waals surface area contributed by atoms with E-state index < -0.39 is 0 Å². The van der Waals surface area contributed by atoms with Crippen LogP contribution in [-0.2, 0) is 0 Å². The molecular formula is C25H27N5O3S. The molecule has 0 spiro atoms. The molecule has 9 heteroatoms. The van der Waals surface area contributed by atoms with Gasteiger partial charge in [-0.05, 0) is 63.6 Å². The minimum atomic E-state index is -0.268. The van der Waals surface area contributed by atoms with Crippen LogP contribution in [0.15, 0.2) is 48.7 Å². The van der Waals surface area contributed by atoms with Crippen molar-refractivity contribution >= 4 is 34.2 Å². The molecule has 0 atom stereocenters. The summed E-state index contributed by atoms with van der Waals surface area (Å²) in [4.78, 5) is 32.2. The zero-order chi connectivity index (χ0) is 24.2. The van der Waals surface area contributed by atoms with Crippen LogP contribution < -0.4 is 10.6 Å². The number of aromatic hydroxyl groups is 1. The van der Waals surface area contributed by atoms with Gasteiger partial charge in [0, 0.05) is 29.6 Å². The number of pyridine rings is 1. The number of phenols is 1. The zero-order valence-corrected chi connectivity index (χ0v) is 20.1. The molecule has 0 aliphatic heterocycles. The molecule has 3 heterocycles. The molecule has 1 aromatic carbocycles. The van der Waals surface area contributed by atoms with E-state index in [1.54, 1.807) is 29.7 Å². The summed E-state index contributed by atoms with van der Waals surface area (Å²) >= 11 is 1.63. The van der Waals surface area contributed by atoms with Crippen LogP contribution in [-0.4, -0.2) is 44.8 Å². The minimum Gasteiger partial charge on any atom is -0.508 e. The van der Waals surface area contributed by atoms with E-state index in [-0.39, 0.29) is 23.6 Å². The summed E-state index contributed by atoms with van der Waals surface area (Å²) in [5.41, 5.74) is 2.35. The maximum atomic E-state index is 13.1. The van der Waals surface area contributed by atoms with Gasteiger partial charge in [-0.25, -0.2) is 9.67 Å². The molecule has 4 aromatic rings. The Balaban J connectivity index is 1.45. The van der Waals surface area contributed by atoms with Crippen LogP contribution in [0.4, 0.5) is 0 Å². The second-order valence-electron chi connectivity index (χ2n) is 8.30. The largest absolute Gasteiger partial charge is 0.508 e. The number of aromatic nitrogens is 3. The first-order chi connectivity index (χ1) is 16.3.